The highest BCUT2D eigenvalue weighted by molar-refractivity contribution is 6.08. The molecule has 2 aliphatic heterocycles. The average Bonchev–Trinajstić information content (AvgIpc) is 2.76. The number of carbonyl (C=O) groups is 3. The van der Waals surface area contributed by atoms with Gasteiger partial charge in [0.25, 0.3) is 5.91 Å². The Balaban J connectivity index is 1.90. The van der Waals surface area contributed by atoms with E-state index in [0.29, 0.717) is 12.3 Å². The molecule has 4 amide bonds. The summed E-state index contributed by atoms with van der Waals surface area (Å²) in [5, 5.41) is 2.79. The molecular formula is C18H31N3O3. The molecule has 2 aliphatic rings. The lowest BCUT2D eigenvalue weighted by Crippen LogP contribution is -2.47. The molecule has 1 N–H and O–H groups in total. The van der Waals surface area contributed by atoms with E-state index < -0.39 is 11.6 Å². The number of amides is 4. The van der Waals surface area contributed by atoms with Crippen LogP contribution in [0.15, 0.2) is 0 Å². The smallest absolute Gasteiger partial charge is 0.325 e. The lowest BCUT2D eigenvalue weighted by Gasteiger charge is -2.31. The Labute approximate surface area is 144 Å². The molecule has 24 heavy (non-hydrogen) atoms. The van der Waals surface area contributed by atoms with Gasteiger partial charge in [-0.3, -0.25) is 14.5 Å². The standard InChI is InChI=1S/C18H31N3O3/c1-4-5-6-7-10-18(3)16(23)21(17(24)19-18)13-15(22)20-11-8-14(2)9-12-20/h14H,4-13H2,1-3H3,(H,19,24). The van der Waals surface area contributed by atoms with Gasteiger partial charge in [0, 0.05) is 13.1 Å². The van der Waals surface area contributed by atoms with Gasteiger partial charge < -0.3 is 10.2 Å². The molecule has 1 unspecified atom stereocenters. The lowest BCUT2D eigenvalue weighted by molar-refractivity contribution is -0.139. The molecule has 6 nitrogen and oxygen atoms in total. The molecular weight excluding hydrogens is 306 g/mol. The van der Waals surface area contributed by atoms with E-state index in [1.807, 2.05) is 0 Å². The van der Waals surface area contributed by atoms with Gasteiger partial charge in [-0.05, 0) is 32.1 Å². The molecule has 0 saturated carbocycles. The van der Waals surface area contributed by atoms with Crippen molar-refractivity contribution < 1.29 is 14.4 Å². The molecule has 0 aromatic carbocycles. The molecule has 0 radical (unpaired) electrons. The van der Waals surface area contributed by atoms with Crippen LogP contribution in [-0.4, -0.2) is 52.8 Å². The molecule has 2 heterocycles. The summed E-state index contributed by atoms with van der Waals surface area (Å²) in [5.41, 5.74) is -0.860. The number of rotatable bonds is 7. The number of hydrogen-bond acceptors (Lipinski definition) is 3. The van der Waals surface area contributed by atoms with Crippen LogP contribution >= 0.6 is 0 Å². The Hall–Kier alpha value is -1.59. The zero-order chi connectivity index (χ0) is 17.7. The molecule has 0 bridgehead atoms. The van der Waals surface area contributed by atoms with E-state index in [1.54, 1.807) is 11.8 Å². The van der Waals surface area contributed by atoms with Gasteiger partial charge in [0.2, 0.25) is 5.91 Å². The summed E-state index contributed by atoms with van der Waals surface area (Å²) in [7, 11) is 0. The lowest BCUT2D eigenvalue weighted by atomic mass is 9.94. The quantitative estimate of drug-likeness (QED) is 0.573. The van der Waals surface area contributed by atoms with Crippen LogP contribution in [0.2, 0.25) is 0 Å². The highest BCUT2D eigenvalue weighted by Gasteiger charge is 2.48. The normalized spacial score (nSPS) is 25.3. The molecule has 1 atom stereocenters. The SMILES string of the molecule is CCCCCCC1(C)NC(=O)N(CC(=O)N2CCC(C)CC2)C1=O. The largest absolute Gasteiger partial charge is 0.341 e. The monoisotopic (exact) mass is 337 g/mol. The summed E-state index contributed by atoms with van der Waals surface area (Å²) in [6.45, 7) is 7.40. The Kier molecular flexibility index (Phi) is 6.24. The Bertz CT molecular complexity index is 486. The zero-order valence-electron chi connectivity index (χ0n) is 15.3. The fourth-order valence-corrected chi connectivity index (χ4v) is 3.46. The second-order valence-electron chi connectivity index (χ2n) is 7.53. The van der Waals surface area contributed by atoms with Crippen molar-refractivity contribution >= 4 is 17.8 Å². The third kappa shape index (κ3) is 4.28. The molecule has 2 saturated heterocycles. The molecule has 2 fully saturated rings. The van der Waals surface area contributed by atoms with Crippen LogP contribution in [0.1, 0.15) is 65.7 Å². The molecule has 0 aromatic heterocycles. The summed E-state index contributed by atoms with van der Waals surface area (Å²) >= 11 is 0. The maximum Gasteiger partial charge on any atom is 0.325 e. The predicted octanol–water partition coefficient (Wildman–Crippen LogP) is 2.53. The van der Waals surface area contributed by atoms with Gasteiger partial charge in [0.1, 0.15) is 12.1 Å². The predicted molar refractivity (Wildman–Crippen MR) is 92.4 cm³/mol. The summed E-state index contributed by atoms with van der Waals surface area (Å²) in [6.07, 6.45) is 6.83. The first-order valence-electron chi connectivity index (χ1n) is 9.29. The molecule has 2 rings (SSSR count). The first-order valence-corrected chi connectivity index (χ1v) is 9.29. The summed E-state index contributed by atoms with van der Waals surface area (Å²) in [5.74, 6) is 0.250. The fraction of sp³-hybridized carbons (Fsp3) is 0.833. The van der Waals surface area contributed by atoms with Crippen LogP contribution in [0.25, 0.3) is 0 Å². The van der Waals surface area contributed by atoms with Crippen LogP contribution in [-0.2, 0) is 9.59 Å². The maximum absolute atomic E-state index is 12.6. The topological polar surface area (TPSA) is 69.7 Å². The first-order chi connectivity index (χ1) is 11.4. The van der Waals surface area contributed by atoms with Crippen molar-refractivity contribution in [3.63, 3.8) is 0 Å². The van der Waals surface area contributed by atoms with Crippen molar-refractivity contribution in [1.82, 2.24) is 15.1 Å². The number of carbonyl (C=O) groups excluding carboxylic acids is 3. The van der Waals surface area contributed by atoms with E-state index in [9.17, 15) is 14.4 Å². The first kappa shape index (κ1) is 18.7. The fourth-order valence-electron chi connectivity index (χ4n) is 3.46. The van der Waals surface area contributed by atoms with Crippen LogP contribution in [0.5, 0.6) is 0 Å². The zero-order valence-corrected chi connectivity index (χ0v) is 15.3. The molecule has 0 aromatic rings. The number of nitrogens with zero attached hydrogens (tertiary/aromatic N) is 2. The van der Waals surface area contributed by atoms with E-state index in [2.05, 4.69) is 19.2 Å². The number of piperidine rings is 1. The number of hydrogen-bond donors (Lipinski definition) is 1. The number of nitrogens with one attached hydrogen (secondary N) is 1. The second-order valence-corrected chi connectivity index (χ2v) is 7.53. The van der Waals surface area contributed by atoms with Gasteiger partial charge in [-0.1, -0.05) is 39.5 Å². The van der Waals surface area contributed by atoms with Crippen molar-refractivity contribution in [3.05, 3.63) is 0 Å². The second kappa shape index (κ2) is 7.99. The minimum absolute atomic E-state index is 0.124. The van der Waals surface area contributed by atoms with E-state index in [0.717, 1.165) is 56.5 Å². The van der Waals surface area contributed by atoms with Crippen molar-refractivity contribution in [2.45, 2.75) is 71.3 Å². The Morgan fingerprint density at radius 3 is 2.50 bits per heavy atom. The Morgan fingerprint density at radius 1 is 1.21 bits per heavy atom. The third-order valence-corrected chi connectivity index (χ3v) is 5.31. The number of likely N-dealkylation sites (tertiary alicyclic amines) is 1. The van der Waals surface area contributed by atoms with Gasteiger partial charge in [-0.25, -0.2) is 4.79 Å². The van der Waals surface area contributed by atoms with Gasteiger partial charge >= 0.3 is 6.03 Å². The minimum atomic E-state index is -0.860. The van der Waals surface area contributed by atoms with Crippen LogP contribution in [0, 0.1) is 5.92 Å². The third-order valence-electron chi connectivity index (χ3n) is 5.31. The van der Waals surface area contributed by atoms with Crippen molar-refractivity contribution in [3.8, 4) is 0 Å². The van der Waals surface area contributed by atoms with E-state index in [1.165, 1.54) is 0 Å². The molecule has 0 aliphatic carbocycles. The van der Waals surface area contributed by atoms with Crippen molar-refractivity contribution in [2.24, 2.45) is 5.92 Å². The summed E-state index contributed by atoms with van der Waals surface area (Å²) < 4.78 is 0. The van der Waals surface area contributed by atoms with Gasteiger partial charge in [-0.2, -0.15) is 0 Å². The number of urea groups is 1. The molecule has 6 heteroatoms. The van der Waals surface area contributed by atoms with Crippen molar-refractivity contribution in [2.75, 3.05) is 19.6 Å². The maximum atomic E-state index is 12.6. The highest BCUT2D eigenvalue weighted by Crippen LogP contribution is 2.24. The van der Waals surface area contributed by atoms with Crippen LogP contribution in [0.4, 0.5) is 4.79 Å². The van der Waals surface area contributed by atoms with Crippen molar-refractivity contribution in [1.29, 1.82) is 0 Å². The molecule has 136 valence electrons. The van der Waals surface area contributed by atoms with Gasteiger partial charge in [-0.15, -0.1) is 0 Å². The summed E-state index contributed by atoms with van der Waals surface area (Å²) in [4.78, 5) is 40.1. The number of unbranched alkanes of at least 4 members (excludes halogenated alkanes) is 3. The van der Waals surface area contributed by atoms with Crippen LogP contribution < -0.4 is 5.32 Å². The van der Waals surface area contributed by atoms with Gasteiger partial charge in [0.05, 0.1) is 0 Å². The van der Waals surface area contributed by atoms with E-state index >= 15 is 0 Å². The average molecular weight is 337 g/mol. The van der Waals surface area contributed by atoms with Crippen LogP contribution in [0.3, 0.4) is 0 Å². The Morgan fingerprint density at radius 2 is 1.88 bits per heavy atom. The van der Waals surface area contributed by atoms with E-state index in [4.69, 9.17) is 0 Å². The minimum Gasteiger partial charge on any atom is -0.341 e. The summed E-state index contributed by atoms with van der Waals surface area (Å²) in [6, 6.07) is -0.434. The number of imide groups is 1. The molecule has 0 spiro atoms. The van der Waals surface area contributed by atoms with E-state index in [-0.39, 0.29) is 18.4 Å². The van der Waals surface area contributed by atoms with Gasteiger partial charge in [0.15, 0.2) is 0 Å². The highest BCUT2D eigenvalue weighted by atomic mass is 16.2.